The van der Waals surface area contributed by atoms with Crippen LogP contribution in [-0.2, 0) is 11.2 Å². The van der Waals surface area contributed by atoms with Crippen molar-refractivity contribution in [2.24, 2.45) is 11.7 Å². The summed E-state index contributed by atoms with van der Waals surface area (Å²) in [4.78, 5) is 3.98. The summed E-state index contributed by atoms with van der Waals surface area (Å²) in [5.74, 6) is 0.464. The Hall–Kier alpha value is -0.930. The average Bonchev–Trinajstić information content (AvgIpc) is 2.29. The van der Waals surface area contributed by atoms with Crippen molar-refractivity contribution in [1.29, 1.82) is 0 Å². The van der Waals surface area contributed by atoms with Gasteiger partial charge in [0.15, 0.2) is 0 Å². The van der Waals surface area contributed by atoms with Crippen molar-refractivity contribution in [2.75, 3.05) is 19.8 Å². The predicted molar refractivity (Wildman–Crippen MR) is 61.6 cm³/mol. The SMILES string of the molecule is CC(CN)COCCCc1ccncc1. The summed E-state index contributed by atoms with van der Waals surface area (Å²) in [6, 6.07) is 4.09. The van der Waals surface area contributed by atoms with E-state index in [1.165, 1.54) is 5.56 Å². The third-order valence-electron chi connectivity index (χ3n) is 2.31. The fourth-order valence-electron chi connectivity index (χ4n) is 1.28. The lowest BCUT2D eigenvalue weighted by Gasteiger charge is -2.08. The molecule has 1 atom stereocenters. The van der Waals surface area contributed by atoms with Crippen molar-refractivity contribution >= 4 is 0 Å². The molecule has 15 heavy (non-hydrogen) atoms. The van der Waals surface area contributed by atoms with Crippen molar-refractivity contribution in [3.63, 3.8) is 0 Å². The van der Waals surface area contributed by atoms with Crippen LogP contribution in [-0.4, -0.2) is 24.7 Å². The minimum absolute atomic E-state index is 0.464. The topological polar surface area (TPSA) is 48.1 Å². The largest absolute Gasteiger partial charge is 0.381 e. The van der Waals surface area contributed by atoms with Gasteiger partial charge >= 0.3 is 0 Å². The maximum atomic E-state index is 5.51. The summed E-state index contributed by atoms with van der Waals surface area (Å²) in [7, 11) is 0. The number of pyridine rings is 1. The zero-order chi connectivity index (χ0) is 10.9. The van der Waals surface area contributed by atoms with E-state index in [-0.39, 0.29) is 0 Å². The van der Waals surface area contributed by atoms with E-state index < -0.39 is 0 Å². The number of aromatic nitrogens is 1. The maximum Gasteiger partial charge on any atom is 0.0503 e. The first-order chi connectivity index (χ1) is 7.33. The molecule has 3 nitrogen and oxygen atoms in total. The van der Waals surface area contributed by atoms with Crippen LogP contribution in [0.25, 0.3) is 0 Å². The van der Waals surface area contributed by atoms with Gasteiger partial charge in [-0.2, -0.15) is 0 Å². The molecule has 0 saturated heterocycles. The Bertz CT molecular complexity index is 251. The molecular formula is C12H20N2O. The van der Waals surface area contributed by atoms with Crippen LogP contribution in [0.1, 0.15) is 18.9 Å². The van der Waals surface area contributed by atoms with Gasteiger partial charge in [-0.05, 0) is 43.0 Å². The quantitative estimate of drug-likeness (QED) is 0.693. The van der Waals surface area contributed by atoms with Gasteiger partial charge in [-0.3, -0.25) is 4.98 Å². The number of ether oxygens (including phenoxy) is 1. The van der Waals surface area contributed by atoms with Gasteiger partial charge in [0.2, 0.25) is 0 Å². The number of nitrogens with two attached hydrogens (primary N) is 1. The van der Waals surface area contributed by atoms with E-state index in [0.717, 1.165) is 26.1 Å². The summed E-state index contributed by atoms with van der Waals surface area (Å²) in [6.45, 7) is 4.38. The molecule has 84 valence electrons. The molecule has 0 spiro atoms. The van der Waals surface area contributed by atoms with Crippen molar-refractivity contribution in [3.8, 4) is 0 Å². The lowest BCUT2D eigenvalue weighted by Crippen LogP contribution is -2.16. The lowest BCUT2D eigenvalue weighted by molar-refractivity contribution is 0.105. The molecule has 0 amide bonds. The van der Waals surface area contributed by atoms with Gasteiger partial charge in [0.1, 0.15) is 0 Å². The van der Waals surface area contributed by atoms with Crippen LogP contribution in [0.5, 0.6) is 0 Å². The molecule has 3 heteroatoms. The fourth-order valence-corrected chi connectivity index (χ4v) is 1.28. The van der Waals surface area contributed by atoms with Gasteiger partial charge in [-0.1, -0.05) is 6.92 Å². The smallest absolute Gasteiger partial charge is 0.0503 e. The fraction of sp³-hybridized carbons (Fsp3) is 0.583. The number of nitrogens with zero attached hydrogens (tertiary/aromatic N) is 1. The second-order valence-corrected chi connectivity index (χ2v) is 3.87. The highest BCUT2D eigenvalue weighted by Crippen LogP contribution is 2.01. The molecule has 0 fully saturated rings. The third-order valence-corrected chi connectivity index (χ3v) is 2.31. The summed E-state index contributed by atoms with van der Waals surface area (Å²) in [5.41, 5.74) is 6.81. The van der Waals surface area contributed by atoms with Crippen LogP contribution in [0, 0.1) is 5.92 Å². The van der Waals surface area contributed by atoms with Gasteiger partial charge in [-0.25, -0.2) is 0 Å². The molecule has 1 aromatic rings. The minimum Gasteiger partial charge on any atom is -0.381 e. The Morgan fingerprint density at radius 1 is 1.40 bits per heavy atom. The van der Waals surface area contributed by atoms with Crippen molar-refractivity contribution in [1.82, 2.24) is 4.98 Å². The van der Waals surface area contributed by atoms with Crippen LogP contribution in [0.15, 0.2) is 24.5 Å². The molecule has 0 aliphatic heterocycles. The first-order valence-electron chi connectivity index (χ1n) is 5.49. The maximum absolute atomic E-state index is 5.51. The van der Waals surface area contributed by atoms with Crippen LogP contribution in [0.3, 0.4) is 0 Å². The summed E-state index contributed by atoms with van der Waals surface area (Å²) in [6.07, 6.45) is 5.76. The van der Waals surface area contributed by atoms with Crippen molar-refractivity contribution < 1.29 is 4.74 Å². The molecule has 1 heterocycles. The Morgan fingerprint density at radius 3 is 2.80 bits per heavy atom. The normalized spacial score (nSPS) is 12.7. The van der Waals surface area contributed by atoms with Crippen molar-refractivity contribution in [2.45, 2.75) is 19.8 Å². The molecule has 0 aliphatic rings. The molecule has 2 N–H and O–H groups in total. The average molecular weight is 208 g/mol. The monoisotopic (exact) mass is 208 g/mol. The molecule has 1 rings (SSSR count). The van der Waals surface area contributed by atoms with Crippen LogP contribution in [0.2, 0.25) is 0 Å². The zero-order valence-corrected chi connectivity index (χ0v) is 9.36. The number of hydrogen-bond donors (Lipinski definition) is 1. The van der Waals surface area contributed by atoms with E-state index in [4.69, 9.17) is 10.5 Å². The Kier molecular flexibility index (Phi) is 5.97. The molecular weight excluding hydrogens is 188 g/mol. The molecule has 1 aromatic heterocycles. The Morgan fingerprint density at radius 2 is 2.13 bits per heavy atom. The summed E-state index contributed by atoms with van der Waals surface area (Å²) in [5, 5.41) is 0. The zero-order valence-electron chi connectivity index (χ0n) is 9.36. The summed E-state index contributed by atoms with van der Waals surface area (Å²) < 4.78 is 5.51. The Balaban J connectivity index is 2.03. The highest BCUT2D eigenvalue weighted by atomic mass is 16.5. The van der Waals surface area contributed by atoms with E-state index in [0.29, 0.717) is 12.5 Å². The van der Waals surface area contributed by atoms with Gasteiger partial charge in [0.25, 0.3) is 0 Å². The van der Waals surface area contributed by atoms with Gasteiger partial charge < -0.3 is 10.5 Å². The second kappa shape index (κ2) is 7.37. The third kappa shape index (κ3) is 5.50. The predicted octanol–water partition coefficient (Wildman–Crippen LogP) is 1.63. The van der Waals surface area contributed by atoms with E-state index in [2.05, 4.69) is 11.9 Å². The first-order valence-corrected chi connectivity index (χ1v) is 5.49. The van der Waals surface area contributed by atoms with Crippen LogP contribution >= 0.6 is 0 Å². The molecule has 0 aromatic carbocycles. The van der Waals surface area contributed by atoms with E-state index in [1.807, 2.05) is 24.5 Å². The van der Waals surface area contributed by atoms with Gasteiger partial charge in [-0.15, -0.1) is 0 Å². The molecule has 0 bridgehead atoms. The van der Waals surface area contributed by atoms with Gasteiger partial charge in [0, 0.05) is 19.0 Å². The highest BCUT2D eigenvalue weighted by molar-refractivity contribution is 5.09. The second-order valence-electron chi connectivity index (χ2n) is 3.87. The Labute approximate surface area is 91.7 Å². The number of aryl methyl sites for hydroxylation is 1. The molecule has 0 radical (unpaired) electrons. The van der Waals surface area contributed by atoms with E-state index in [9.17, 15) is 0 Å². The van der Waals surface area contributed by atoms with E-state index >= 15 is 0 Å². The summed E-state index contributed by atoms with van der Waals surface area (Å²) >= 11 is 0. The highest BCUT2D eigenvalue weighted by Gasteiger charge is 1.98. The lowest BCUT2D eigenvalue weighted by atomic mass is 10.1. The van der Waals surface area contributed by atoms with Crippen LogP contribution in [0.4, 0.5) is 0 Å². The standard InChI is InChI=1S/C12H20N2O/c1-11(9-13)10-15-8-2-3-12-4-6-14-7-5-12/h4-7,11H,2-3,8-10,13H2,1H3. The van der Waals surface area contributed by atoms with Crippen LogP contribution < -0.4 is 5.73 Å². The molecule has 1 unspecified atom stereocenters. The van der Waals surface area contributed by atoms with Gasteiger partial charge in [0.05, 0.1) is 6.61 Å². The molecule has 0 saturated carbocycles. The number of rotatable bonds is 7. The van der Waals surface area contributed by atoms with Crippen molar-refractivity contribution in [3.05, 3.63) is 30.1 Å². The first kappa shape index (κ1) is 12.1. The van der Waals surface area contributed by atoms with E-state index in [1.54, 1.807) is 0 Å². The molecule has 0 aliphatic carbocycles. The minimum atomic E-state index is 0.464. The number of hydrogen-bond acceptors (Lipinski definition) is 3.